The minimum Gasteiger partial charge on any atom is -0.467 e. The number of hydrogen-bond donors (Lipinski definition) is 2. The molecule has 6 heteroatoms. The zero-order valence-corrected chi connectivity index (χ0v) is 10.8. The number of nitrogen functional groups attached to an aromatic ring is 1. The number of nitrogens with two attached hydrogens (primary N) is 1. The second-order valence-corrected chi connectivity index (χ2v) is 4.66. The summed E-state index contributed by atoms with van der Waals surface area (Å²) in [5.41, 5.74) is 5.75. The van der Waals surface area contributed by atoms with Gasteiger partial charge in [0.1, 0.15) is 17.4 Å². The third-order valence-electron chi connectivity index (χ3n) is 3.17. The summed E-state index contributed by atoms with van der Waals surface area (Å²) in [5, 5.41) is 3.00. The van der Waals surface area contributed by atoms with Gasteiger partial charge < -0.3 is 20.4 Å². The largest absolute Gasteiger partial charge is 0.467 e. The van der Waals surface area contributed by atoms with Crippen LogP contribution in [0.4, 0.5) is 17.6 Å². The highest BCUT2D eigenvalue weighted by Crippen LogP contribution is 2.33. The van der Waals surface area contributed by atoms with Gasteiger partial charge in [-0.05, 0) is 25.0 Å². The molecular weight excluding hydrogens is 242 g/mol. The minimum atomic E-state index is 0.284. The predicted molar refractivity (Wildman–Crippen MR) is 73.9 cm³/mol. The van der Waals surface area contributed by atoms with Crippen molar-refractivity contribution in [1.82, 2.24) is 9.97 Å². The number of nitrogens with one attached hydrogen (secondary N) is 1. The van der Waals surface area contributed by atoms with E-state index in [-0.39, 0.29) is 5.95 Å². The highest BCUT2D eigenvalue weighted by atomic mass is 16.3. The average molecular weight is 259 g/mol. The summed E-state index contributed by atoms with van der Waals surface area (Å²) in [4.78, 5) is 10.7. The van der Waals surface area contributed by atoms with Crippen molar-refractivity contribution >= 4 is 17.6 Å². The van der Waals surface area contributed by atoms with Crippen molar-refractivity contribution in [2.45, 2.75) is 25.4 Å². The molecule has 0 saturated heterocycles. The lowest BCUT2D eigenvalue weighted by molar-refractivity contribution is 0.500. The highest BCUT2D eigenvalue weighted by molar-refractivity contribution is 5.53. The van der Waals surface area contributed by atoms with Crippen LogP contribution in [0.25, 0.3) is 0 Å². The first-order chi connectivity index (χ1) is 9.26. The number of rotatable bonds is 5. The first-order valence-electron chi connectivity index (χ1n) is 6.37. The monoisotopic (exact) mass is 259 g/mol. The Morgan fingerprint density at radius 3 is 2.95 bits per heavy atom. The molecule has 1 aliphatic carbocycles. The molecule has 1 aliphatic rings. The molecule has 100 valence electrons. The summed E-state index contributed by atoms with van der Waals surface area (Å²) < 4.78 is 5.42. The summed E-state index contributed by atoms with van der Waals surface area (Å²) >= 11 is 0. The van der Waals surface area contributed by atoms with Crippen molar-refractivity contribution in [1.29, 1.82) is 0 Å². The van der Waals surface area contributed by atoms with Gasteiger partial charge in [-0.1, -0.05) is 0 Å². The second kappa shape index (κ2) is 4.79. The molecule has 2 aromatic heterocycles. The molecule has 0 unspecified atom stereocenters. The summed E-state index contributed by atoms with van der Waals surface area (Å²) in [6, 6.07) is 6.30. The highest BCUT2D eigenvalue weighted by Gasteiger charge is 2.31. The van der Waals surface area contributed by atoms with E-state index in [9.17, 15) is 0 Å². The average Bonchev–Trinajstić information content (AvgIpc) is 3.12. The molecule has 0 radical (unpaired) electrons. The molecule has 0 amide bonds. The van der Waals surface area contributed by atoms with Crippen LogP contribution in [0.2, 0.25) is 0 Å². The molecule has 2 heterocycles. The van der Waals surface area contributed by atoms with Crippen molar-refractivity contribution in [3.63, 3.8) is 0 Å². The van der Waals surface area contributed by atoms with Crippen molar-refractivity contribution < 1.29 is 4.42 Å². The Morgan fingerprint density at radius 1 is 1.47 bits per heavy atom. The fraction of sp³-hybridized carbons (Fsp3) is 0.385. The third kappa shape index (κ3) is 2.62. The molecule has 0 spiro atoms. The topological polar surface area (TPSA) is 80.2 Å². The first-order valence-corrected chi connectivity index (χ1v) is 6.37. The Kier molecular flexibility index (Phi) is 2.98. The van der Waals surface area contributed by atoms with Crippen LogP contribution in [-0.4, -0.2) is 23.1 Å². The maximum absolute atomic E-state index is 5.75. The van der Waals surface area contributed by atoms with Gasteiger partial charge in [0.15, 0.2) is 0 Å². The van der Waals surface area contributed by atoms with Crippen LogP contribution in [0.3, 0.4) is 0 Å². The Hall–Kier alpha value is -2.24. The first kappa shape index (κ1) is 11.8. The van der Waals surface area contributed by atoms with Crippen LogP contribution in [0.5, 0.6) is 0 Å². The van der Waals surface area contributed by atoms with Gasteiger partial charge in [-0.2, -0.15) is 9.97 Å². The van der Waals surface area contributed by atoms with Gasteiger partial charge in [-0.3, -0.25) is 0 Å². The molecule has 3 N–H and O–H groups in total. The Morgan fingerprint density at radius 2 is 2.32 bits per heavy atom. The van der Waals surface area contributed by atoms with E-state index < -0.39 is 0 Å². The van der Waals surface area contributed by atoms with Crippen LogP contribution < -0.4 is 16.0 Å². The minimum absolute atomic E-state index is 0.284. The van der Waals surface area contributed by atoms with E-state index >= 15 is 0 Å². The molecule has 6 nitrogen and oxygen atoms in total. The molecule has 1 saturated carbocycles. The van der Waals surface area contributed by atoms with Gasteiger partial charge in [0.05, 0.1) is 12.8 Å². The van der Waals surface area contributed by atoms with E-state index in [2.05, 4.69) is 20.2 Å². The van der Waals surface area contributed by atoms with E-state index in [0.29, 0.717) is 12.6 Å². The number of aromatic nitrogens is 2. The predicted octanol–water partition coefficient (Wildman–Crippen LogP) is 1.86. The SMILES string of the molecule is CNc1cc(N(Cc2ccco2)C2CC2)nc(N)n1. The number of furan rings is 1. The number of anilines is 3. The maximum Gasteiger partial charge on any atom is 0.223 e. The maximum atomic E-state index is 5.75. The number of hydrogen-bond acceptors (Lipinski definition) is 6. The Balaban J connectivity index is 1.89. The zero-order valence-electron chi connectivity index (χ0n) is 10.8. The van der Waals surface area contributed by atoms with Crippen LogP contribution in [-0.2, 0) is 6.54 Å². The van der Waals surface area contributed by atoms with Gasteiger partial charge in [-0.25, -0.2) is 0 Å². The standard InChI is InChI=1S/C13H17N5O/c1-15-11-7-12(17-13(14)16-11)18(9-4-5-9)8-10-3-2-6-19-10/h2-3,6-7,9H,4-5,8H2,1H3,(H3,14,15,16,17). The Labute approximate surface area is 111 Å². The van der Waals surface area contributed by atoms with E-state index in [1.807, 2.05) is 25.2 Å². The molecular formula is C13H17N5O. The molecule has 2 aromatic rings. The van der Waals surface area contributed by atoms with Gasteiger partial charge in [0, 0.05) is 19.2 Å². The fourth-order valence-electron chi connectivity index (χ4n) is 2.08. The smallest absolute Gasteiger partial charge is 0.223 e. The van der Waals surface area contributed by atoms with E-state index in [0.717, 1.165) is 17.4 Å². The lowest BCUT2D eigenvalue weighted by Crippen LogP contribution is -2.26. The Bertz CT molecular complexity index is 550. The number of nitrogens with zero attached hydrogens (tertiary/aromatic N) is 3. The third-order valence-corrected chi connectivity index (χ3v) is 3.17. The van der Waals surface area contributed by atoms with Gasteiger partial charge >= 0.3 is 0 Å². The summed E-state index contributed by atoms with van der Waals surface area (Å²) in [5.74, 6) is 2.78. The zero-order chi connectivity index (χ0) is 13.2. The van der Waals surface area contributed by atoms with Crippen molar-refractivity contribution in [2.24, 2.45) is 0 Å². The second-order valence-electron chi connectivity index (χ2n) is 4.66. The van der Waals surface area contributed by atoms with Crippen molar-refractivity contribution in [2.75, 3.05) is 23.0 Å². The molecule has 0 bridgehead atoms. The molecule has 0 aromatic carbocycles. The van der Waals surface area contributed by atoms with Gasteiger partial charge in [0.2, 0.25) is 5.95 Å². The summed E-state index contributed by atoms with van der Waals surface area (Å²) in [7, 11) is 1.82. The van der Waals surface area contributed by atoms with Gasteiger partial charge in [-0.15, -0.1) is 0 Å². The van der Waals surface area contributed by atoms with E-state index in [1.165, 1.54) is 12.8 Å². The summed E-state index contributed by atoms with van der Waals surface area (Å²) in [6.07, 6.45) is 4.05. The molecule has 19 heavy (non-hydrogen) atoms. The molecule has 1 fully saturated rings. The molecule has 3 rings (SSSR count). The lowest BCUT2D eigenvalue weighted by Gasteiger charge is -2.22. The van der Waals surface area contributed by atoms with Crippen LogP contribution in [0.1, 0.15) is 18.6 Å². The quantitative estimate of drug-likeness (QED) is 0.853. The van der Waals surface area contributed by atoms with E-state index in [1.54, 1.807) is 6.26 Å². The van der Waals surface area contributed by atoms with Crippen LogP contribution in [0, 0.1) is 0 Å². The van der Waals surface area contributed by atoms with Crippen LogP contribution >= 0.6 is 0 Å². The normalized spacial score (nSPS) is 14.4. The molecule has 0 aliphatic heterocycles. The molecule has 0 atom stereocenters. The van der Waals surface area contributed by atoms with Crippen molar-refractivity contribution in [3.05, 3.63) is 30.2 Å². The lowest BCUT2D eigenvalue weighted by atomic mass is 10.3. The van der Waals surface area contributed by atoms with E-state index in [4.69, 9.17) is 10.2 Å². The fourth-order valence-corrected chi connectivity index (χ4v) is 2.08. The van der Waals surface area contributed by atoms with Crippen LogP contribution in [0.15, 0.2) is 28.9 Å². The summed E-state index contributed by atoms with van der Waals surface area (Å²) in [6.45, 7) is 0.706. The van der Waals surface area contributed by atoms with Gasteiger partial charge in [0.25, 0.3) is 0 Å². The van der Waals surface area contributed by atoms with Crippen molar-refractivity contribution in [3.8, 4) is 0 Å².